The van der Waals surface area contributed by atoms with Gasteiger partial charge in [0.1, 0.15) is 0 Å². The van der Waals surface area contributed by atoms with Crippen molar-refractivity contribution in [2.24, 2.45) is 0 Å². The predicted molar refractivity (Wildman–Crippen MR) is 143 cm³/mol. The summed E-state index contributed by atoms with van der Waals surface area (Å²) in [7, 11) is 0. The van der Waals surface area contributed by atoms with Crippen LogP contribution in [0.1, 0.15) is 128 Å². The predicted octanol–water partition coefficient (Wildman–Crippen LogP) is 8.47. The van der Waals surface area contributed by atoms with E-state index in [0.717, 1.165) is 35.8 Å². The Hall–Kier alpha value is -1.32. The molecule has 2 aromatic rings. The molecule has 1 aromatic heterocycles. The molecule has 1 aliphatic rings. The van der Waals surface area contributed by atoms with Crippen LogP contribution in [0, 0.1) is 0 Å². The standard InChI is InChI=1S/C29H46N2O2Se/c1-4-5-6-7-8-9-10-11-12-13-14-15-16-17-18-19-22-32-24-20-21-25-26(23-24)33-29(2,3)28-27(25)30-31-34-28/h20-21,23H,4-19,22H2,1-3H3. The summed E-state index contributed by atoms with van der Waals surface area (Å²) in [5.41, 5.74) is 1.72. The van der Waals surface area contributed by atoms with Crippen molar-refractivity contribution < 1.29 is 9.47 Å². The molecule has 3 rings (SSSR count). The third-order valence-corrected chi connectivity index (χ3v) is 9.04. The topological polar surface area (TPSA) is 44.2 Å². The normalized spacial score (nSPS) is 13.9. The molecule has 0 N–H and O–H groups in total. The maximum absolute atomic E-state index is 6.27. The Morgan fingerprint density at radius 3 is 1.94 bits per heavy atom. The van der Waals surface area contributed by atoms with Gasteiger partial charge in [0, 0.05) is 0 Å². The number of hydrogen-bond donors (Lipinski definition) is 0. The second-order valence-corrected chi connectivity index (χ2v) is 12.0. The quantitative estimate of drug-likeness (QED) is 0.142. The molecule has 190 valence electrons. The molecule has 0 bridgehead atoms. The molecular weight excluding hydrogens is 487 g/mol. The van der Waals surface area contributed by atoms with Gasteiger partial charge in [-0.15, -0.1) is 0 Å². The van der Waals surface area contributed by atoms with Crippen LogP contribution in [0.15, 0.2) is 18.2 Å². The van der Waals surface area contributed by atoms with Crippen molar-refractivity contribution in [3.05, 3.63) is 22.6 Å². The number of ether oxygens (including phenoxy) is 2. The summed E-state index contributed by atoms with van der Waals surface area (Å²) in [5, 5.41) is 4.39. The fourth-order valence-electron chi connectivity index (χ4n) is 4.80. The molecule has 1 aliphatic heterocycles. The average molecular weight is 534 g/mol. The third-order valence-electron chi connectivity index (χ3n) is 6.87. The van der Waals surface area contributed by atoms with Crippen molar-refractivity contribution >= 4 is 14.7 Å². The Morgan fingerprint density at radius 1 is 0.794 bits per heavy atom. The van der Waals surface area contributed by atoms with E-state index in [1.807, 2.05) is 12.1 Å². The van der Waals surface area contributed by atoms with Gasteiger partial charge in [-0.05, 0) is 0 Å². The van der Waals surface area contributed by atoms with Crippen LogP contribution in [-0.2, 0) is 5.60 Å². The summed E-state index contributed by atoms with van der Waals surface area (Å²) in [4.78, 5) is 0. The molecule has 0 aliphatic carbocycles. The maximum atomic E-state index is 6.27. The van der Waals surface area contributed by atoms with E-state index in [0.29, 0.717) is 0 Å². The Kier molecular flexibility index (Phi) is 12.0. The molecule has 2 heterocycles. The summed E-state index contributed by atoms with van der Waals surface area (Å²) >= 11 is 0.0545. The average Bonchev–Trinajstić information content (AvgIpc) is 3.32. The molecule has 34 heavy (non-hydrogen) atoms. The van der Waals surface area contributed by atoms with E-state index in [9.17, 15) is 0 Å². The number of rotatable bonds is 18. The van der Waals surface area contributed by atoms with Crippen LogP contribution in [0.3, 0.4) is 0 Å². The van der Waals surface area contributed by atoms with Gasteiger partial charge in [0.25, 0.3) is 0 Å². The molecule has 4 nitrogen and oxygen atoms in total. The first-order valence-electron chi connectivity index (χ1n) is 13.9. The minimum absolute atomic E-state index is 0.0545. The number of hydrogen-bond acceptors (Lipinski definition) is 4. The molecule has 0 radical (unpaired) electrons. The van der Waals surface area contributed by atoms with Crippen molar-refractivity contribution in [3.8, 4) is 22.8 Å². The molecule has 0 unspecified atom stereocenters. The van der Waals surface area contributed by atoms with Crippen LogP contribution in [-0.4, -0.2) is 30.5 Å². The molecule has 5 heteroatoms. The van der Waals surface area contributed by atoms with Crippen molar-refractivity contribution in [3.63, 3.8) is 0 Å². The number of fused-ring (bicyclic) bond motifs is 3. The van der Waals surface area contributed by atoms with Gasteiger partial charge in [-0.1, -0.05) is 84.0 Å². The number of benzene rings is 1. The van der Waals surface area contributed by atoms with Crippen molar-refractivity contribution in [1.29, 1.82) is 0 Å². The zero-order valence-electron chi connectivity index (χ0n) is 21.9. The zero-order chi connectivity index (χ0) is 24.1. The van der Waals surface area contributed by atoms with Gasteiger partial charge in [0.2, 0.25) is 0 Å². The summed E-state index contributed by atoms with van der Waals surface area (Å²) in [6.45, 7) is 7.28. The molecule has 0 saturated carbocycles. The number of nitrogens with zero attached hydrogens (tertiary/aromatic N) is 2. The molecule has 0 saturated heterocycles. The van der Waals surface area contributed by atoms with Crippen LogP contribution in [0.25, 0.3) is 11.3 Å². The SMILES string of the molecule is CCCCCCCCCCCCCCCCCCOc1ccc2c(c1)OC(C)(C)c1[se]nnc1-2. The fourth-order valence-corrected chi connectivity index (χ4v) is 6.27. The second kappa shape index (κ2) is 14.9. The van der Waals surface area contributed by atoms with E-state index in [1.165, 1.54) is 101 Å². The number of aromatic nitrogens is 2. The molecule has 0 amide bonds. The molecule has 1 aromatic carbocycles. The Bertz CT molecular complexity index is 833. The van der Waals surface area contributed by atoms with Gasteiger partial charge in [-0.2, -0.15) is 0 Å². The first kappa shape index (κ1) is 27.3. The summed E-state index contributed by atoms with van der Waals surface area (Å²) < 4.78 is 17.8. The fraction of sp³-hybridized carbons (Fsp3) is 0.724. The zero-order valence-corrected chi connectivity index (χ0v) is 23.6. The molecular formula is C29H46N2O2Se. The van der Waals surface area contributed by atoms with Crippen LogP contribution >= 0.6 is 0 Å². The second-order valence-electron chi connectivity index (χ2n) is 10.4. The van der Waals surface area contributed by atoms with Crippen molar-refractivity contribution in [2.45, 2.75) is 129 Å². The minimum atomic E-state index is -0.335. The monoisotopic (exact) mass is 534 g/mol. The molecule has 0 fully saturated rings. The van der Waals surface area contributed by atoms with Gasteiger partial charge >= 0.3 is 131 Å². The first-order chi connectivity index (χ1) is 16.6. The molecule has 0 atom stereocenters. The van der Waals surface area contributed by atoms with Crippen LogP contribution < -0.4 is 9.47 Å². The third kappa shape index (κ3) is 8.72. The van der Waals surface area contributed by atoms with Crippen molar-refractivity contribution in [2.75, 3.05) is 6.61 Å². The summed E-state index contributed by atoms with van der Waals surface area (Å²) in [6.07, 6.45) is 22.2. The van der Waals surface area contributed by atoms with Gasteiger partial charge in [0.05, 0.1) is 0 Å². The first-order valence-corrected chi connectivity index (χ1v) is 15.5. The number of unbranched alkanes of at least 4 members (excludes halogenated alkanes) is 15. The van der Waals surface area contributed by atoms with Crippen LogP contribution in [0.2, 0.25) is 0 Å². The van der Waals surface area contributed by atoms with Crippen molar-refractivity contribution in [1.82, 2.24) is 9.19 Å². The Labute approximate surface area is 214 Å². The summed E-state index contributed by atoms with van der Waals surface area (Å²) in [6, 6.07) is 6.13. The summed E-state index contributed by atoms with van der Waals surface area (Å²) in [5.74, 6) is 1.75. The van der Waals surface area contributed by atoms with Crippen LogP contribution in [0.5, 0.6) is 11.5 Å². The van der Waals surface area contributed by atoms with E-state index in [4.69, 9.17) is 9.47 Å². The van der Waals surface area contributed by atoms with E-state index >= 15 is 0 Å². The van der Waals surface area contributed by atoms with Gasteiger partial charge in [-0.25, -0.2) is 0 Å². The van der Waals surface area contributed by atoms with E-state index in [-0.39, 0.29) is 20.3 Å². The molecule has 0 spiro atoms. The van der Waals surface area contributed by atoms with E-state index < -0.39 is 0 Å². The van der Waals surface area contributed by atoms with E-state index in [2.05, 4.69) is 36.0 Å². The van der Waals surface area contributed by atoms with Crippen LogP contribution in [0.4, 0.5) is 0 Å². The van der Waals surface area contributed by atoms with E-state index in [1.54, 1.807) is 0 Å². The Morgan fingerprint density at radius 2 is 1.35 bits per heavy atom. The Balaban J connectivity index is 1.17. The van der Waals surface area contributed by atoms with Gasteiger partial charge in [0.15, 0.2) is 0 Å². The van der Waals surface area contributed by atoms with Gasteiger partial charge < -0.3 is 0 Å². The van der Waals surface area contributed by atoms with Gasteiger partial charge in [-0.3, -0.25) is 0 Å².